The van der Waals surface area contributed by atoms with Crippen LogP contribution in [0.3, 0.4) is 0 Å². The molecule has 3 aromatic carbocycles. The SMILES string of the molecule is C=CCOC12Oc3ccc(OCc4cccc(C)n4)cc3C3C(CCCCO)C(CCCCO)C=C(C(=NOC4CCCCO4)CC1N(C)C(=O)c1ccc4ccccc4c1)C32. The highest BCUT2D eigenvalue weighted by molar-refractivity contribution is 6.04. The number of amides is 1. The second-order valence-electron chi connectivity index (χ2n) is 17.2. The molecular weight excluding hydrogens is 783 g/mol. The van der Waals surface area contributed by atoms with Crippen LogP contribution in [-0.2, 0) is 20.9 Å². The molecular formula is C51H61N3O8. The van der Waals surface area contributed by atoms with Crippen LogP contribution < -0.4 is 9.47 Å². The lowest BCUT2D eigenvalue weighted by Gasteiger charge is -2.59. The molecule has 1 amide bonds. The second kappa shape index (κ2) is 20.0. The molecule has 2 N–H and O–H groups in total. The summed E-state index contributed by atoms with van der Waals surface area (Å²) in [7, 11) is 1.84. The van der Waals surface area contributed by atoms with Crippen molar-refractivity contribution >= 4 is 22.4 Å². The number of hydrogen-bond donors (Lipinski definition) is 2. The number of likely N-dealkylation sites (N-methyl/N-ethyl adjacent to an activating group) is 1. The van der Waals surface area contributed by atoms with E-state index in [1.807, 2.05) is 86.8 Å². The summed E-state index contributed by atoms with van der Waals surface area (Å²) < 4.78 is 26.9. The molecule has 2 aliphatic carbocycles. The minimum atomic E-state index is -1.36. The molecule has 0 bridgehead atoms. The molecule has 3 heterocycles. The summed E-state index contributed by atoms with van der Waals surface area (Å²) in [6.45, 7) is 7.35. The molecule has 328 valence electrons. The molecule has 0 spiro atoms. The number of aryl methyl sites for hydroxylation is 1. The quantitative estimate of drug-likeness (QED) is 0.0572. The molecule has 2 fully saturated rings. The Bertz CT molecular complexity index is 2250. The van der Waals surface area contributed by atoms with Crippen LogP contribution in [-0.4, -0.2) is 83.3 Å². The molecule has 1 aromatic heterocycles. The fraction of sp³-hybridized carbons (Fsp3) is 0.471. The topological polar surface area (TPSA) is 132 Å². The highest BCUT2D eigenvalue weighted by Gasteiger charge is 2.65. The number of nitrogens with zero attached hydrogens (tertiary/aromatic N) is 3. The first-order chi connectivity index (χ1) is 30.3. The Labute approximate surface area is 365 Å². The van der Waals surface area contributed by atoms with Crippen molar-refractivity contribution in [1.29, 1.82) is 0 Å². The molecule has 4 aliphatic rings. The summed E-state index contributed by atoms with van der Waals surface area (Å²) in [5, 5.41) is 26.9. The van der Waals surface area contributed by atoms with Gasteiger partial charge < -0.3 is 38.9 Å². The number of ether oxygens (including phenoxy) is 4. The zero-order chi connectivity index (χ0) is 43.1. The molecule has 1 saturated carbocycles. The van der Waals surface area contributed by atoms with Crippen molar-refractivity contribution in [2.45, 2.75) is 102 Å². The first-order valence-corrected chi connectivity index (χ1v) is 22.5. The van der Waals surface area contributed by atoms with Crippen LogP contribution in [0.15, 0.2) is 108 Å². The van der Waals surface area contributed by atoms with Crippen molar-refractivity contribution in [3.63, 3.8) is 0 Å². The Kier molecular flexibility index (Phi) is 14.0. The van der Waals surface area contributed by atoms with Gasteiger partial charge in [0.05, 0.1) is 30.5 Å². The Balaban J connectivity index is 1.29. The second-order valence-corrected chi connectivity index (χ2v) is 17.2. The van der Waals surface area contributed by atoms with Crippen LogP contribution >= 0.6 is 0 Å². The van der Waals surface area contributed by atoms with Gasteiger partial charge in [0.25, 0.3) is 5.91 Å². The minimum Gasteiger partial charge on any atom is -0.487 e. The van der Waals surface area contributed by atoms with E-state index in [-0.39, 0.29) is 43.5 Å². The van der Waals surface area contributed by atoms with Crippen LogP contribution in [0.1, 0.15) is 97.4 Å². The molecule has 7 atom stereocenters. The number of hydrogen-bond acceptors (Lipinski definition) is 10. The minimum absolute atomic E-state index is 0.0844. The van der Waals surface area contributed by atoms with Gasteiger partial charge in [0.15, 0.2) is 0 Å². The predicted octanol–water partition coefficient (Wildman–Crippen LogP) is 9.05. The molecule has 7 unspecified atom stereocenters. The van der Waals surface area contributed by atoms with E-state index in [1.54, 1.807) is 11.0 Å². The number of benzene rings is 3. The number of unbranched alkanes of at least 4 members (excludes halogenated alkanes) is 2. The van der Waals surface area contributed by atoms with Crippen molar-refractivity contribution in [1.82, 2.24) is 9.88 Å². The molecule has 11 heteroatoms. The number of pyridine rings is 1. The normalized spacial score (nSPS) is 25.9. The van der Waals surface area contributed by atoms with Crippen LogP contribution in [0.2, 0.25) is 0 Å². The van der Waals surface area contributed by atoms with Gasteiger partial charge in [-0.25, -0.2) is 0 Å². The maximum Gasteiger partial charge on any atom is 0.254 e. The van der Waals surface area contributed by atoms with E-state index in [4.69, 9.17) is 28.9 Å². The lowest BCUT2D eigenvalue weighted by molar-refractivity contribution is -0.252. The van der Waals surface area contributed by atoms with Gasteiger partial charge in [0, 0.05) is 55.8 Å². The number of aliphatic hydroxyl groups excluding tert-OH is 2. The number of aromatic nitrogens is 1. The summed E-state index contributed by atoms with van der Waals surface area (Å²) in [5.41, 5.74) is 5.03. The van der Waals surface area contributed by atoms with Crippen molar-refractivity contribution in [2.24, 2.45) is 22.9 Å². The van der Waals surface area contributed by atoms with Gasteiger partial charge in [-0.15, -0.1) is 6.58 Å². The molecule has 11 nitrogen and oxygen atoms in total. The predicted molar refractivity (Wildman–Crippen MR) is 239 cm³/mol. The average molecular weight is 844 g/mol. The van der Waals surface area contributed by atoms with Crippen LogP contribution in [0.4, 0.5) is 0 Å². The van der Waals surface area contributed by atoms with E-state index >= 15 is 0 Å². The number of rotatable bonds is 18. The monoisotopic (exact) mass is 843 g/mol. The highest BCUT2D eigenvalue weighted by atomic mass is 16.8. The number of allylic oxidation sites excluding steroid dienone is 1. The van der Waals surface area contributed by atoms with E-state index in [9.17, 15) is 15.0 Å². The van der Waals surface area contributed by atoms with Gasteiger partial charge in [-0.05, 0) is 116 Å². The smallest absolute Gasteiger partial charge is 0.254 e. The van der Waals surface area contributed by atoms with Gasteiger partial charge in [-0.2, -0.15) is 0 Å². The zero-order valence-corrected chi connectivity index (χ0v) is 36.1. The van der Waals surface area contributed by atoms with E-state index in [0.717, 1.165) is 84.0 Å². The van der Waals surface area contributed by atoms with E-state index < -0.39 is 24.0 Å². The van der Waals surface area contributed by atoms with Crippen LogP contribution in [0, 0.1) is 24.7 Å². The largest absolute Gasteiger partial charge is 0.487 e. The Morgan fingerprint density at radius 1 is 0.984 bits per heavy atom. The van der Waals surface area contributed by atoms with Crippen LogP contribution in [0.5, 0.6) is 11.5 Å². The van der Waals surface area contributed by atoms with Crippen molar-refractivity contribution in [3.05, 3.63) is 126 Å². The van der Waals surface area contributed by atoms with Crippen LogP contribution in [0.25, 0.3) is 10.8 Å². The van der Waals surface area contributed by atoms with Crippen molar-refractivity contribution in [3.8, 4) is 11.5 Å². The number of aliphatic hydroxyl groups is 2. The highest BCUT2D eigenvalue weighted by Crippen LogP contribution is 2.62. The van der Waals surface area contributed by atoms with Gasteiger partial charge in [0.2, 0.25) is 12.1 Å². The summed E-state index contributed by atoms with van der Waals surface area (Å²) in [6, 6.07) is 25.1. The van der Waals surface area contributed by atoms with E-state index in [0.29, 0.717) is 49.5 Å². The first-order valence-electron chi connectivity index (χ1n) is 22.5. The van der Waals surface area contributed by atoms with E-state index in [2.05, 4.69) is 23.7 Å². The van der Waals surface area contributed by atoms with Gasteiger partial charge >= 0.3 is 0 Å². The Hall–Kier alpha value is -5.07. The fourth-order valence-electron chi connectivity index (χ4n) is 10.2. The third-order valence-electron chi connectivity index (χ3n) is 13.2. The standard InChI is InChI=1S/C51H61N3O8/c1-4-27-60-51-46(54(3)50(57)38-22-21-35-15-5-6-16-36(35)29-38)32-44(53-62-47-20-9-12-28-58-47)42-30-37(17-7-10-25-55)41(19-8-11-26-56)48(49(42)51)43-31-40(23-24-45(43)61-51)59-33-39-18-13-14-34(2)52-39/h4-6,13-16,18,21-24,29-31,37,41,46-49,55-56H,1,7-12,17,19-20,25-28,32-33H2,2-3H3. The third-order valence-corrected chi connectivity index (χ3v) is 13.2. The van der Waals surface area contributed by atoms with Gasteiger partial charge in [-0.1, -0.05) is 66.5 Å². The average Bonchev–Trinajstić information content (AvgIpc) is 3.30. The molecule has 2 aliphatic heterocycles. The number of fused-ring (bicyclic) bond motifs is 3. The zero-order valence-electron chi connectivity index (χ0n) is 36.1. The van der Waals surface area contributed by atoms with Crippen molar-refractivity contribution in [2.75, 3.05) is 33.5 Å². The van der Waals surface area contributed by atoms with Gasteiger partial charge in [0.1, 0.15) is 24.1 Å². The molecule has 62 heavy (non-hydrogen) atoms. The number of carbonyl (C=O) groups is 1. The maximum absolute atomic E-state index is 14.9. The lowest BCUT2D eigenvalue weighted by atomic mass is 9.55. The molecule has 8 rings (SSSR count). The molecule has 4 aromatic rings. The van der Waals surface area contributed by atoms with Crippen molar-refractivity contribution < 1.29 is 38.8 Å². The number of carbonyl (C=O) groups excluding carboxylic acids is 1. The number of oxime groups is 1. The lowest BCUT2D eigenvalue weighted by Crippen LogP contribution is -2.69. The Morgan fingerprint density at radius 3 is 2.58 bits per heavy atom. The Morgan fingerprint density at radius 2 is 1.81 bits per heavy atom. The third kappa shape index (κ3) is 9.18. The molecule has 0 radical (unpaired) electrons. The first kappa shape index (κ1) is 43.6. The maximum atomic E-state index is 14.9. The fourth-order valence-corrected chi connectivity index (χ4v) is 10.2. The summed E-state index contributed by atoms with van der Waals surface area (Å²) >= 11 is 0. The molecule has 1 saturated heterocycles. The van der Waals surface area contributed by atoms with Gasteiger partial charge in [-0.3, -0.25) is 9.78 Å². The summed E-state index contributed by atoms with van der Waals surface area (Å²) in [4.78, 5) is 27.6. The summed E-state index contributed by atoms with van der Waals surface area (Å²) in [6.07, 6.45) is 11.4. The summed E-state index contributed by atoms with van der Waals surface area (Å²) in [5.74, 6) is -0.586. The van der Waals surface area contributed by atoms with E-state index in [1.165, 1.54) is 0 Å².